The van der Waals surface area contributed by atoms with Gasteiger partial charge in [0.15, 0.2) is 12.3 Å². The van der Waals surface area contributed by atoms with Crippen LogP contribution in [-0.4, -0.2) is 78.6 Å². The molecule has 3 heterocycles. The normalized spacial score (nSPS) is 19.2. The number of phenols is 1. The standard InChI is InChI=1S/C19H18N6O8S.2Na/c1-24-19(21-22-23-24)34-7-9-6-33-16-12(15(28)25(16)13(9)18(31)32)20-14(27)11(17(29)30)8-2-4-10(26)5-3-8;;/h2-5,11-12,16,26H,6-7H2,1H3,(H,20,27)(H,29,30)(H,31,32);;/q;2*+1/p-2/t11?,12-,16?;;/m1../s1. The van der Waals surface area contributed by atoms with Gasteiger partial charge in [-0.15, -0.1) is 5.10 Å². The number of nitrogens with one attached hydrogen (secondary N) is 1. The van der Waals surface area contributed by atoms with Crippen molar-refractivity contribution in [2.75, 3.05) is 12.4 Å². The average Bonchev–Trinajstić information content (AvgIpc) is 3.21. The zero-order valence-corrected chi connectivity index (χ0v) is 24.2. The summed E-state index contributed by atoms with van der Waals surface area (Å²) in [6.07, 6.45) is -1.16. The van der Waals surface area contributed by atoms with E-state index in [1.165, 1.54) is 28.9 Å². The second kappa shape index (κ2) is 12.5. The Labute approximate surface area is 252 Å². The van der Waals surface area contributed by atoms with Crippen LogP contribution in [0.1, 0.15) is 11.5 Å². The first-order valence-corrected chi connectivity index (χ1v) is 10.7. The number of fused-ring (bicyclic) bond motifs is 1. The molecule has 0 saturated carbocycles. The molecule has 36 heavy (non-hydrogen) atoms. The van der Waals surface area contributed by atoms with E-state index in [2.05, 4.69) is 20.8 Å². The van der Waals surface area contributed by atoms with E-state index >= 15 is 0 Å². The number of rotatable bonds is 8. The number of ether oxygens (including phenoxy) is 1. The number of benzene rings is 1. The summed E-state index contributed by atoms with van der Waals surface area (Å²) in [4.78, 5) is 49.6. The maximum atomic E-state index is 12.7. The fraction of sp³-hybridized carbons (Fsp3) is 0.316. The average molecular weight is 534 g/mol. The number of hydrogen-bond donors (Lipinski definition) is 2. The van der Waals surface area contributed by atoms with E-state index in [9.17, 15) is 34.5 Å². The minimum absolute atomic E-state index is 0. The Balaban J connectivity index is 0.00000228. The van der Waals surface area contributed by atoms with Crippen molar-refractivity contribution in [2.45, 2.75) is 23.3 Å². The quantitative estimate of drug-likeness (QED) is 0.140. The predicted octanol–water partition coefficient (Wildman–Crippen LogP) is -9.76. The molecule has 0 spiro atoms. The van der Waals surface area contributed by atoms with E-state index in [0.717, 1.165) is 16.7 Å². The number of tetrazole rings is 1. The van der Waals surface area contributed by atoms with Crippen LogP contribution in [0.5, 0.6) is 5.75 Å². The van der Waals surface area contributed by atoms with Gasteiger partial charge in [0, 0.05) is 12.8 Å². The van der Waals surface area contributed by atoms with E-state index < -0.39 is 41.9 Å². The van der Waals surface area contributed by atoms with Gasteiger partial charge in [-0.2, -0.15) is 0 Å². The van der Waals surface area contributed by atoms with Gasteiger partial charge >= 0.3 is 59.1 Å². The summed E-state index contributed by atoms with van der Waals surface area (Å²) in [6.45, 7) is -0.176. The molecule has 17 heteroatoms. The Morgan fingerprint density at radius 2 is 1.92 bits per heavy atom. The third-order valence-electron chi connectivity index (χ3n) is 5.22. The van der Waals surface area contributed by atoms with Gasteiger partial charge in [0.25, 0.3) is 5.91 Å². The summed E-state index contributed by atoms with van der Waals surface area (Å²) >= 11 is 1.13. The van der Waals surface area contributed by atoms with Crippen molar-refractivity contribution in [3.63, 3.8) is 0 Å². The molecule has 2 aliphatic heterocycles. The molecule has 2 aromatic rings. The van der Waals surface area contributed by atoms with Gasteiger partial charge < -0.3 is 35.0 Å². The molecule has 1 fully saturated rings. The largest absolute Gasteiger partial charge is 1.00 e. The number of carbonyl (C=O) groups is 4. The van der Waals surface area contributed by atoms with Crippen LogP contribution in [0.25, 0.3) is 0 Å². The van der Waals surface area contributed by atoms with E-state index in [4.69, 9.17) is 4.74 Å². The van der Waals surface area contributed by atoms with E-state index in [1.807, 2.05) is 0 Å². The van der Waals surface area contributed by atoms with Crippen LogP contribution < -0.4 is 74.6 Å². The summed E-state index contributed by atoms with van der Waals surface area (Å²) in [7, 11) is 1.61. The molecular weight excluding hydrogens is 518 g/mol. The van der Waals surface area contributed by atoms with Crippen molar-refractivity contribution in [2.24, 2.45) is 7.05 Å². The molecule has 1 aromatic heterocycles. The second-order valence-electron chi connectivity index (χ2n) is 7.35. The van der Waals surface area contributed by atoms with Gasteiger partial charge in [-0.25, -0.2) is 4.68 Å². The molecule has 14 nitrogen and oxygen atoms in total. The number of thioether (sulfide) groups is 1. The molecular formula is C19H16N6Na2O8S. The first-order chi connectivity index (χ1) is 16.2. The second-order valence-corrected chi connectivity index (χ2v) is 8.30. The van der Waals surface area contributed by atoms with Crippen LogP contribution in [-0.2, 0) is 31.0 Å². The maximum Gasteiger partial charge on any atom is 1.00 e. The van der Waals surface area contributed by atoms with Crippen molar-refractivity contribution in [3.8, 4) is 5.75 Å². The van der Waals surface area contributed by atoms with Gasteiger partial charge in [-0.3, -0.25) is 14.5 Å². The van der Waals surface area contributed by atoms with E-state index in [0.29, 0.717) is 5.16 Å². The van der Waals surface area contributed by atoms with E-state index in [1.54, 1.807) is 7.05 Å². The molecule has 2 amide bonds. The molecule has 0 aliphatic carbocycles. The third kappa shape index (κ3) is 5.94. The summed E-state index contributed by atoms with van der Waals surface area (Å²) < 4.78 is 6.98. The molecule has 0 bridgehead atoms. The number of aromatic hydroxyl groups is 1. The zero-order chi connectivity index (χ0) is 24.6. The predicted molar refractivity (Wildman–Crippen MR) is 106 cm³/mol. The molecule has 178 valence electrons. The Kier molecular flexibility index (Phi) is 10.5. The first-order valence-electron chi connectivity index (χ1n) is 9.72. The minimum atomic E-state index is -1.77. The minimum Gasteiger partial charge on any atom is -0.549 e. The van der Waals surface area contributed by atoms with Crippen LogP contribution in [0.3, 0.4) is 0 Å². The number of carboxylic acid groups (broad SMARTS) is 2. The summed E-state index contributed by atoms with van der Waals surface area (Å²) in [5.74, 6) is -6.98. The number of carboxylic acids is 2. The number of nitrogens with zero attached hydrogens (tertiary/aromatic N) is 5. The van der Waals surface area contributed by atoms with Crippen LogP contribution in [0.15, 0.2) is 40.7 Å². The molecule has 2 N–H and O–H groups in total. The molecule has 2 unspecified atom stereocenters. The van der Waals surface area contributed by atoms with Crippen molar-refractivity contribution in [3.05, 3.63) is 41.1 Å². The van der Waals surface area contributed by atoms with Crippen molar-refractivity contribution in [1.29, 1.82) is 0 Å². The molecule has 1 aromatic carbocycles. The van der Waals surface area contributed by atoms with Gasteiger partial charge in [0.2, 0.25) is 11.1 Å². The Bertz CT molecular complexity index is 1210. The fourth-order valence-electron chi connectivity index (χ4n) is 3.58. The van der Waals surface area contributed by atoms with Crippen LogP contribution >= 0.6 is 11.8 Å². The Hall–Kier alpha value is -1.98. The Morgan fingerprint density at radius 3 is 2.47 bits per heavy atom. The molecule has 2 aliphatic rings. The number of amides is 2. The Morgan fingerprint density at radius 1 is 1.25 bits per heavy atom. The van der Waals surface area contributed by atoms with Crippen molar-refractivity contribution < 1.29 is 98.3 Å². The van der Waals surface area contributed by atoms with Crippen molar-refractivity contribution in [1.82, 2.24) is 30.4 Å². The number of aryl methyl sites for hydroxylation is 1. The summed E-state index contributed by atoms with van der Waals surface area (Å²) in [6, 6.07) is 3.56. The smallest absolute Gasteiger partial charge is 0.549 e. The van der Waals surface area contributed by atoms with Crippen LogP contribution in [0, 0.1) is 0 Å². The summed E-state index contributed by atoms with van der Waals surface area (Å²) in [5, 5.41) is 46.4. The van der Waals surface area contributed by atoms with Gasteiger partial charge in [0.05, 0.1) is 24.2 Å². The monoisotopic (exact) mass is 534 g/mol. The molecule has 3 atom stereocenters. The third-order valence-corrected chi connectivity index (χ3v) is 6.32. The maximum absolute atomic E-state index is 12.7. The first kappa shape index (κ1) is 30.2. The molecule has 1 saturated heterocycles. The fourth-order valence-corrected chi connectivity index (χ4v) is 4.42. The van der Waals surface area contributed by atoms with Crippen LogP contribution in [0.2, 0.25) is 0 Å². The zero-order valence-electron chi connectivity index (χ0n) is 19.4. The molecule has 4 rings (SSSR count). The van der Waals surface area contributed by atoms with Crippen molar-refractivity contribution >= 4 is 35.5 Å². The summed E-state index contributed by atoms with van der Waals surface area (Å²) in [5.41, 5.74) is -0.111. The van der Waals surface area contributed by atoms with Gasteiger partial charge in [-0.1, -0.05) is 23.9 Å². The number of β-lactam (4-membered cyclic amide) rings is 1. The topological polar surface area (TPSA) is 203 Å². The van der Waals surface area contributed by atoms with Crippen LogP contribution in [0.4, 0.5) is 0 Å². The number of hydrogen-bond acceptors (Lipinski definition) is 12. The number of carbonyl (C=O) groups excluding carboxylic acids is 4. The SMILES string of the molecule is Cn1nnnc1SCC1=C(C(=O)[O-])N2C(=O)[C@@H](NC(=O)C(C(=O)[O-])c3ccc(O)cc3)C2OC1.[Na+].[Na+]. The number of phenolic OH excluding ortho intramolecular Hbond substituents is 1. The van der Waals surface area contributed by atoms with Gasteiger partial charge in [-0.05, 0) is 33.7 Å². The van der Waals surface area contributed by atoms with Gasteiger partial charge in [0.1, 0.15) is 11.7 Å². The molecule has 0 radical (unpaired) electrons. The number of aromatic nitrogens is 4. The van der Waals surface area contributed by atoms with E-state index in [-0.39, 0.29) is 94.1 Å². The number of aliphatic carboxylic acids is 2.